The lowest BCUT2D eigenvalue weighted by atomic mass is 10.0. The molecule has 1 aliphatic rings. The summed E-state index contributed by atoms with van der Waals surface area (Å²) in [6.07, 6.45) is 8.84. The summed E-state index contributed by atoms with van der Waals surface area (Å²) in [6, 6.07) is 7.21. The molecule has 34 heavy (non-hydrogen) atoms. The Morgan fingerprint density at radius 3 is 2.82 bits per heavy atom. The quantitative estimate of drug-likeness (QED) is 0.525. The van der Waals surface area contributed by atoms with Gasteiger partial charge in [-0.15, -0.1) is 0 Å². The van der Waals surface area contributed by atoms with Gasteiger partial charge in [-0.2, -0.15) is 10.4 Å². The van der Waals surface area contributed by atoms with E-state index in [0.29, 0.717) is 35.3 Å². The molecule has 0 amide bonds. The lowest BCUT2D eigenvalue weighted by molar-refractivity contribution is 0.239. The van der Waals surface area contributed by atoms with E-state index >= 15 is 0 Å². The number of aromatic nitrogens is 3. The fraction of sp³-hybridized carbons (Fsp3) is 0.269. The van der Waals surface area contributed by atoms with Crippen LogP contribution in [-0.4, -0.2) is 38.6 Å². The predicted octanol–water partition coefficient (Wildman–Crippen LogP) is 3.76. The highest BCUT2D eigenvalue weighted by Crippen LogP contribution is 2.25. The van der Waals surface area contributed by atoms with Crippen LogP contribution in [0.15, 0.2) is 55.6 Å². The minimum absolute atomic E-state index is 0.299. The first kappa shape index (κ1) is 23.2. The number of hydrogen-bond donors (Lipinski definition) is 2. The Balaban J connectivity index is 1.62. The average molecular weight is 458 g/mol. The highest BCUT2D eigenvalue weighted by molar-refractivity contribution is 5.92. The van der Waals surface area contributed by atoms with Crippen molar-refractivity contribution in [1.29, 1.82) is 5.26 Å². The summed E-state index contributed by atoms with van der Waals surface area (Å²) < 4.78 is 15.4. The number of allylic oxidation sites excluding steroid dienone is 2. The maximum atomic E-state index is 13.8. The first-order valence-electron chi connectivity index (χ1n) is 11.2. The van der Waals surface area contributed by atoms with Gasteiger partial charge in [-0.05, 0) is 54.7 Å². The summed E-state index contributed by atoms with van der Waals surface area (Å²) in [7, 11) is 0. The number of nitrogens with zero attached hydrogens (tertiary/aromatic N) is 5. The molecule has 1 fully saturated rings. The number of halogens is 1. The molecule has 0 spiro atoms. The Labute approximate surface area is 198 Å². The molecule has 3 heterocycles. The maximum Gasteiger partial charge on any atom is 0.163 e. The Morgan fingerprint density at radius 1 is 1.38 bits per heavy atom. The molecule has 4 rings (SSSR count). The van der Waals surface area contributed by atoms with Crippen molar-refractivity contribution in [3.63, 3.8) is 0 Å². The first-order chi connectivity index (χ1) is 16.4. The second-order valence-electron chi connectivity index (χ2n) is 8.48. The molecule has 8 heteroatoms. The predicted molar refractivity (Wildman–Crippen MR) is 132 cm³/mol. The summed E-state index contributed by atoms with van der Waals surface area (Å²) in [4.78, 5) is 6.87. The van der Waals surface area contributed by atoms with Gasteiger partial charge in [0, 0.05) is 31.2 Å². The second-order valence-corrected chi connectivity index (χ2v) is 8.48. The molecular formula is C26H28FN7. The zero-order chi connectivity index (χ0) is 24.2. The molecule has 0 atom stereocenters. The van der Waals surface area contributed by atoms with Gasteiger partial charge in [0.1, 0.15) is 11.9 Å². The van der Waals surface area contributed by atoms with Crippen molar-refractivity contribution in [3.05, 3.63) is 89.4 Å². The lowest BCUT2D eigenvalue weighted by Gasteiger charge is -2.33. The fourth-order valence-electron chi connectivity index (χ4n) is 4.17. The van der Waals surface area contributed by atoms with E-state index in [1.165, 1.54) is 12.1 Å². The van der Waals surface area contributed by atoms with E-state index in [1.807, 2.05) is 13.0 Å². The molecule has 0 radical (unpaired) electrons. The van der Waals surface area contributed by atoms with Gasteiger partial charge in [-0.3, -0.25) is 0 Å². The number of benzene rings is 1. The van der Waals surface area contributed by atoms with Gasteiger partial charge in [0.15, 0.2) is 5.65 Å². The van der Waals surface area contributed by atoms with E-state index in [-0.39, 0.29) is 5.82 Å². The first-order valence-corrected chi connectivity index (χ1v) is 11.2. The molecule has 0 saturated carbocycles. The number of likely N-dealkylation sites (tertiary alicyclic amines) is 1. The van der Waals surface area contributed by atoms with E-state index in [0.717, 1.165) is 48.2 Å². The summed E-state index contributed by atoms with van der Waals surface area (Å²) in [5, 5.41) is 17.6. The van der Waals surface area contributed by atoms with Crippen LogP contribution in [0, 0.1) is 24.1 Å². The molecule has 7 nitrogen and oxygen atoms in total. The van der Waals surface area contributed by atoms with Gasteiger partial charge in [0.25, 0.3) is 0 Å². The Bertz CT molecular complexity index is 1310. The summed E-state index contributed by atoms with van der Waals surface area (Å²) >= 11 is 0. The molecule has 0 bridgehead atoms. The van der Waals surface area contributed by atoms with E-state index in [4.69, 9.17) is 10.7 Å². The van der Waals surface area contributed by atoms with E-state index in [1.54, 1.807) is 29.1 Å². The summed E-state index contributed by atoms with van der Waals surface area (Å²) in [6.45, 7) is 11.8. The topological polar surface area (TPSA) is 95.3 Å². The summed E-state index contributed by atoms with van der Waals surface area (Å²) in [5.74, 6) is 0.303. The second kappa shape index (κ2) is 9.89. The largest absolute Gasteiger partial charge is 0.386 e. The Morgan fingerprint density at radius 2 is 2.15 bits per heavy atom. The van der Waals surface area contributed by atoms with Crippen molar-refractivity contribution in [2.24, 2.45) is 5.73 Å². The number of piperidine rings is 1. The average Bonchev–Trinajstić information content (AvgIpc) is 3.25. The third-order valence-corrected chi connectivity index (χ3v) is 6.24. The van der Waals surface area contributed by atoms with Crippen LogP contribution in [0.4, 0.5) is 4.39 Å². The molecule has 1 aliphatic heterocycles. The molecule has 3 aromatic rings. The fourth-order valence-corrected chi connectivity index (χ4v) is 4.17. The SMILES string of the molecule is C=C/C(=C\c1cc(F)ccc1C)c1cnn2cc(C#N)c(CNC3CCN(C(=C)N)CC3)nc12. The Hall–Kier alpha value is -3.96. The molecule has 0 aliphatic carbocycles. The van der Waals surface area contributed by atoms with E-state index < -0.39 is 0 Å². The van der Waals surface area contributed by atoms with Crippen molar-refractivity contribution in [3.8, 4) is 6.07 Å². The van der Waals surface area contributed by atoms with Crippen LogP contribution in [0.1, 0.15) is 40.8 Å². The van der Waals surface area contributed by atoms with Crippen molar-refractivity contribution in [2.75, 3.05) is 13.1 Å². The third kappa shape index (κ3) is 4.85. The molecule has 3 N–H and O–H groups in total. The number of rotatable bonds is 7. The molecular weight excluding hydrogens is 429 g/mol. The third-order valence-electron chi connectivity index (χ3n) is 6.24. The molecule has 1 aromatic carbocycles. The van der Waals surface area contributed by atoms with Crippen LogP contribution in [0.5, 0.6) is 0 Å². The van der Waals surface area contributed by atoms with E-state index in [2.05, 4.69) is 34.5 Å². The highest BCUT2D eigenvalue weighted by Gasteiger charge is 2.20. The number of hydrogen-bond acceptors (Lipinski definition) is 6. The number of aryl methyl sites for hydroxylation is 1. The van der Waals surface area contributed by atoms with Gasteiger partial charge >= 0.3 is 0 Å². The minimum atomic E-state index is -0.299. The van der Waals surface area contributed by atoms with Crippen LogP contribution in [0.3, 0.4) is 0 Å². The molecule has 2 aromatic heterocycles. The van der Waals surface area contributed by atoms with Gasteiger partial charge in [0.05, 0.1) is 29.5 Å². The number of nitrogens with one attached hydrogen (secondary N) is 1. The van der Waals surface area contributed by atoms with Gasteiger partial charge < -0.3 is 16.0 Å². The zero-order valence-corrected chi connectivity index (χ0v) is 19.3. The van der Waals surface area contributed by atoms with Crippen LogP contribution < -0.4 is 11.1 Å². The number of nitrogens with two attached hydrogens (primary N) is 1. The molecule has 174 valence electrons. The number of fused-ring (bicyclic) bond motifs is 1. The molecule has 1 saturated heterocycles. The standard InChI is InChI=1S/C26H28FN7/c1-4-19(11-20-12-22(27)6-5-17(20)2)24-14-31-34-16-21(13-28)25(32-26(24)34)15-30-23-7-9-33(10-8-23)18(3)29/h4-6,11-12,14,16,23,30H,1,3,7-10,15,29H2,2H3/b19-11+. The van der Waals surface area contributed by atoms with Gasteiger partial charge in [0.2, 0.25) is 0 Å². The van der Waals surface area contributed by atoms with Crippen LogP contribution in [0.25, 0.3) is 17.3 Å². The smallest absolute Gasteiger partial charge is 0.163 e. The number of nitriles is 1. The van der Waals surface area contributed by atoms with Gasteiger partial charge in [-0.1, -0.05) is 25.3 Å². The minimum Gasteiger partial charge on any atom is -0.386 e. The Kier molecular flexibility index (Phi) is 6.75. The summed E-state index contributed by atoms with van der Waals surface area (Å²) in [5.41, 5.74) is 10.8. The molecule has 0 unspecified atom stereocenters. The lowest BCUT2D eigenvalue weighted by Crippen LogP contribution is -2.43. The highest BCUT2D eigenvalue weighted by atomic mass is 19.1. The monoisotopic (exact) mass is 457 g/mol. The zero-order valence-electron chi connectivity index (χ0n) is 19.3. The van der Waals surface area contributed by atoms with Crippen molar-refractivity contribution < 1.29 is 4.39 Å². The van der Waals surface area contributed by atoms with Crippen LogP contribution in [0.2, 0.25) is 0 Å². The van der Waals surface area contributed by atoms with Crippen molar-refractivity contribution in [2.45, 2.75) is 32.4 Å². The van der Waals surface area contributed by atoms with Crippen LogP contribution in [-0.2, 0) is 6.54 Å². The van der Waals surface area contributed by atoms with E-state index in [9.17, 15) is 9.65 Å². The van der Waals surface area contributed by atoms with Crippen LogP contribution >= 0.6 is 0 Å². The van der Waals surface area contributed by atoms with Gasteiger partial charge in [-0.25, -0.2) is 13.9 Å². The van der Waals surface area contributed by atoms with Crippen molar-refractivity contribution in [1.82, 2.24) is 24.8 Å². The maximum absolute atomic E-state index is 13.8. The normalized spacial score (nSPS) is 14.9. The van der Waals surface area contributed by atoms with Crippen molar-refractivity contribution >= 4 is 17.3 Å².